The number of hydrogen-bond acceptors (Lipinski definition) is 5. The molecule has 0 bridgehead atoms. The Labute approximate surface area is 127 Å². The normalized spacial score (nSPS) is 10.6. The first-order valence-electron chi connectivity index (χ1n) is 6.96. The van der Waals surface area contributed by atoms with E-state index in [1.807, 2.05) is 37.3 Å². The highest BCUT2D eigenvalue weighted by atomic mass is 16.5. The number of carbonyl (C=O) groups is 1. The number of rotatable bonds is 5. The average molecular weight is 297 g/mol. The van der Waals surface area contributed by atoms with Crippen LogP contribution in [-0.4, -0.2) is 25.8 Å². The Hall–Kier alpha value is -2.96. The van der Waals surface area contributed by atoms with Crippen molar-refractivity contribution in [1.29, 1.82) is 0 Å². The molecule has 112 valence electrons. The average Bonchev–Trinajstić information content (AvgIpc) is 3.22. The Balaban J connectivity index is 1.65. The predicted molar refractivity (Wildman–Crippen MR) is 78.8 cm³/mol. The largest absolute Gasteiger partial charge is 0.342 e. The summed E-state index contributed by atoms with van der Waals surface area (Å²) < 4.78 is 6.77. The molecule has 0 unspecified atom stereocenters. The number of aromatic nitrogens is 4. The van der Waals surface area contributed by atoms with Gasteiger partial charge in [-0.25, -0.2) is 0 Å². The predicted octanol–water partition coefficient (Wildman–Crippen LogP) is 1.88. The summed E-state index contributed by atoms with van der Waals surface area (Å²) in [7, 11) is 0. The number of aryl methyl sites for hydroxylation is 1. The molecule has 7 heteroatoms. The lowest BCUT2D eigenvalue weighted by Gasteiger charge is -2.04. The summed E-state index contributed by atoms with van der Waals surface area (Å²) in [6.07, 6.45) is 1.60. The second-order valence-corrected chi connectivity index (χ2v) is 4.59. The Bertz CT molecular complexity index is 763. The fourth-order valence-electron chi connectivity index (χ4n) is 2.06. The van der Waals surface area contributed by atoms with Crippen LogP contribution in [0.25, 0.3) is 11.4 Å². The molecule has 3 rings (SSSR count). The lowest BCUT2D eigenvalue weighted by Crippen LogP contribution is -2.25. The van der Waals surface area contributed by atoms with Gasteiger partial charge in [-0.3, -0.25) is 9.48 Å². The molecule has 1 N–H and O–H groups in total. The zero-order chi connectivity index (χ0) is 15.4. The zero-order valence-corrected chi connectivity index (χ0v) is 12.1. The van der Waals surface area contributed by atoms with E-state index in [-0.39, 0.29) is 12.5 Å². The maximum absolute atomic E-state index is 12.1. The molecule has 1 aromatic carbocycles. The van der Waals surface area contributed by atoms with Crippen molar-refractivity contribution in [3.8, 4) is 11.4 Å². The highest BCUT2D eigenvalue weighted by molar-refractivity contribution is 5.92. The van der Waals surface area contributed by atoms with E-state index in [0.29, 0.717) is 24.0 Å². The molecule has 1 amide bonds. The van der Waals surface area contributed by atoms with E-state index in [1.54, 1.807) is 16.9 Å². The molecule has 3 aromatic rings. The van der Waals surface area contributed by atoms with Crippen LogP contribution in [0.2, 0.25) is 0 Å². The van der Waals surface area contributed by atoms with E-state index < -0.39 is 0 Å². The van der Waals surface area contributed by atoms with Crippen LogP contribution in [0.1, 0.15) is 23.3 Å². The SMILES string of the molecule is CCn1nccc1C(=O)NCc1nc(-c2ccccc2)no1. The molecule has 0 spiro atoms. The quantitative estimate of drug-likeness (QED) is 0.777. The summed E-state index contributed by atoms with van der Waals surface area (Å²) in [6.45, 7) is 2.73. The van der Waals surface area contributed by atoms with Crippen LogP contribution in [0.5, 0.6) is 0 Å². The second kappa shape index (κ2) is 6.21. The molecule has 0 fully saturated rings. The molecule has 0 radical (unpaired) electrons. The van der Waals surface area contributed by atoms with Crippen LogP contribution >= 0.6 is 0 Å². The maximum atomic E-state index is 12.1. The monoisotopic (exact) mass is 297 g/mol. The lowest BCUT2D eigenvalue weighted by atomic mass is 10.2. The molecule has 0 aliphatic carbocycles. The van der Waals surface area contributed by atoms with E-state index >= 15 is 0 Å². The van der Waals surface area contributed by atoms with Crippen LogP contribution < -0.4 is 5.32 Å². The highest BCUT2D eigenvalue weighted by Crippen LogP contribution is 2.14. The molecule has 0 saturated carbocycles. The van der Waals surface area contributed by atoms with Gasteiger partial charge in [0.05, 0.1) is 6.54 Å². The molecule has 0 aliphatic heterocycles. The number of carbonyl (C=O) groups excluding carboxylic acids is 1. The van der Waals surface area contributed by atoms with Gasteiger partial charge in [-0.1, -0.05) is 35.5 Å². The van der Waals surface area contributed by atoms with Crippen molar-refractivity contribution in [3.63, 3.8) is 0 Å². The van der Waals surface area contributed by atoms with Crippen molar-refractivity contribution in [2.45, 2.75) is 20.0 Å². The molecule has 0 atom stereocenters. The fourth-order valence-corrected chi connectivity index (χ4v) is 2.06. The minimum atomic E-state index is -0.223. The molecular formula is C15H15N5O2. The zero-order valence-electron chi connectivity index (χ0n) is 12.1. The van der Waals surface area contributed by atoms with Gasteiger partial charge in [0.2, 0.25) is 11.7 Å². The van der Waals surface area contributed by atoms with Crippen LogP contribution in [-0.2, 0) is 13.1 Å². The van der Waals surface area contributed by atoms with Crippen LogP contribution in [0, 0.1) is 0 Å². The summed E-state index contributed by atoms with van der Waals surface area (Å²) in [6, 6.07) is 11.2. The van der Waals surface area contributed by atoms with Crippen molar-refractivity contribution in [1.82, 2.24) is 25.2 Å². The van der Waals surface area contributed by atoms with E-state index in [4.69, 9.17) is 4.52 Å². The first-order chi connectivity index (χ1) is 10.8. The van der Waals surface area contributed by atoms with Gasteiger partial charge in [-0.05, 0) is 13.0 Å². The molecule has 2 aromatic heterocycles. The van der Waals surface area contributed by atoms with Gasteiger partial charge in [0.15, 0.2) is 0 Å². The Kier molecular flexibility index (Phi) is 3.95. The van der Waals surface area contributed by atoms with Gasteiger partial charge < -0.3 is 9.84 Å². The van der Waals surface area contributed by atoms with Crippen molar-refractivity contribution in [2.24, 2.45) is 0 Å². The second-order valence-electron chi connectivity index (χ2n) is 4.59. The van der Waals surface area contributed by atoms with E-state index in [9.17, 15) is 4.79 Å². The third kappa shape index (κ3) is 2.88. The van der Waals surface area contributed by atoms with Crippen LogP contribution in [0.3, 0.4) is 0 Å². The standard InChI is InChI=1S/C15H15N5O2/c1-2-20-12(8-9-17-20)15(21)16-10-13-18-14(19-22-13)11-6-4-3-5-7-11/h3-9H,2,10H2,1H3,(H,16,21). The van der Waals surface area contributed by atoms with Gasteiger partial charge in [-0.2, -0.15) is 10.1 Å². The first kappa shape index (κ1) is 14.0. The van der Waals surface area contributed by atoms with Crippen LogP contribution in [0.4, 0.5) is 0 Å². The maximum Gasteiger partial charge on any atom is 0.269 e. The van der Waals surface area contributed by atoms with Gasteiger partial charge in [0.25, 0.3) is 5.91 Å². The molecule has 2 heterocycles. The topological polar surface area (TPSA) is 85.8 Å². The Morgan fingerprint density at radius 1 is 1.27 bits per heavy atom. The molecular weight excluding hydrogens is 282 g/mol. The number of nitrogens with zero attached hydrogens (tertiary/aromatic N) is 4. The number of benzene rings is 1. The Morgan fingerprint density at radius 3 is 2.86 bits per heavy atom. The van der Waals surface area contributed by atoms with Crippen LogP contribution in [0.15, 0.2) is 47.1 Å². The smallest absolute Gasteiger partial charge is 0.269 e. The minimum Gasteiger partial charge on any atom is -0.342 e. The van der Waals surface area contributed by atoms with Crippen molar-refractivity contribution < 1.29 is 9.32 Å². The molecule has 22 heavy (non-hydrogen) atoms. The number of nitrogens with one attached hydrogen (secondary N) is 1. The third-order valence-electron chi connectivity index (χ3n) is 3.15. The summed E-state index contributed by atoms with van der Waals surface area (Å²) in [5, 5.41) is 10.7. The minimum absolute atomic E-state index is 0.174. The summed E-state index contributed by atoms with van der Waals surface area (Å²) in [5.41, 5.74) is 1.37. The van der Waals surface area contributed by atoms with Crippen molar-refractivity contribution >= 4 is 5.91 Å². The first-order valence-corrected chi connectivity index (χ1v) is 6.96. The van der Waals surface area contributed by atoms with E-state index in [1.165, 1.54) is 0 Å². The number of hydrogen-bond donors (Lipinski definition) is 1. The third-order valence-corrected chi connectivity index (χ3v) is 3.15. The number of amides is 1. The summed E-state index contributed by atoms with van der Waals surface area (Å²) in [5.74, 6) is 0.636. The summed E-state index contributed by atoms with van der Waals surface area (Å²) in [4.78, 5) is 16.3. The van der Waals surface area contributed by atoms with Crippen molar-refractivity contribution in [3.05, 3.63) is 54.2 Å². The van der Waals surface area contributed by atoms with E-state index in [2.05, 4.69) is 20.6 Å². The molecule has 0 aliphatic rings. The van der Waals surface area contributed by atoms with Gasteiger partial charge in [0.1, 0.15) is 5.69 Å². The Morgan fingerprint density at radius 2 is 2.09 bits per heavy atom. The molecule has 0 saturated heterocycles. The van der Waals surface area contributed by atoms with Gasteiger partial charge >= 0.3 is 0 Å². The lowest BCUT2D eigenvalue weighted by molar-refractivity contribution is 0.0935. The highest BCUT2D eigenvalue weighted by Gasteiger charge is 2.13. The van der Waals surface area contributed by atoms with E-state index in [0.717, 1.165) is 5.56 Å². The van der Waals surface area contributed by atoms with Crippen molar-refractivity contribution in [2.75, 3.05) is 0 Å². The molecule has 7 nitrogen and oxygen atoms in total. The van der Waals surface area contributed by atoms with Gasteiger partial charge in [0, 0.05) is 18.3 Å². The fraction of sp³-hybridized carbons (Fsp3) is 0.200. The summed E-state index contributed by atoms with van der Waals surface area (Å²) >= 11 is 0. The van der Waals surface area contributed by atoms with Gasteiger partial charge in [-0.15, -0.1) is 0 Å².